The van der Waals surface area contributed by atoms with E-state index in [1.165, 1.54) is 17.7 Å². The molecule has 162 valence electrons. The first-order valence-electron chi connectivity index (χ1n) is 9.82. The zero-order chi connectivity index (χ0) is 22.6. The lowest BCUT2D eigenvalue weighted by Crippen LogP contribution is -2.01. The SMILES string of the molecule is CCCCc1ccc(-c2ccc(-c3cc(F)c(/C=C/C(F)(F)F)c(F)c3)c(F)c2)cc1. The molecule has 0 saturated carbocycles. The molecule has 0 aromatic heterocycles. The van der Waals surface area contributed by atoms with E-state index in [2.05, 4.69) is 6.92 Å². The van der Waals surface area contributed by atoms with Crippen LogP contribution in [0.2, 0.25) is 0 Å². The molecular formula is C25H20F6. The Labute approximate surface area is 176 Å². The number of rotatable bonds is 6. The fourth-order valence-electron chi connectivity index (χ4n) is 3.25. The highest BCUT2D eigenvalue weighted by Crippen LogP contribution is 2.31. The molecule has 0 aliphatic heterocycles. The molecule has 0 aliphatic carbocycles. The summed E-state index contributed by atoms with van der Waals surface area (Å²) in [7, 11) is 0. The van der Waals surface area contributed by atoms with Crippen molar-refractivity contribution in [2.45, 2.75) is 32.4 Å². The van der Waals surface area contributed by atoms with Gasteiger partial charge in [-0.3, -0.25) is 0 Å². The maximum Gasteiger partial charge on any atom is 0.409 e. The van der Waals surface area contributed by atoms with E-state index in [1.807, 2.05) is 24.3 Å². The lowest BCUT2D eigenvalue weighted by molar-refractivity contribution is -0.0790. The highest BCUT2D eigenvalue weighted by Gasteiger charge is 2.23. The van der Waals surface area contributed by atoms with E-state index in [1.54, 1.807) is 6.07 Å². The van der Waals surface area contributed by atoms with Crippen LogP contribution in [0.15, 0.2) is 60.7 Å². The summed E-state index contributed by atoms with van der Waals surface area (Å²) in [5.74, 6) is -3.10. The molecule has 0 fully saturated rings. The predicted molar refractivity (Wildman–Crippen MR) is 111 cm³/mol. The van der Waals surface area contributed by atoms with Crippen LogP contribution in [0.3, 0.4) is 0 Å². The van der Waals surface area contributed by atoms with E-state index < -0.39 is 29.2 Å². The van der Waals surface area contributed by atoms with Gasteiger partial charge in [-0.15, -0.1) is 0 Å². The zero-order valence-corrected chi connectivity index (χ0v) is 16.7. The normalized spacial score (nSPS) is 12.0. The lowest BCUT2D eigenvalue weighted by Gasteiger charge is -2.10. The van der Waals surface area contributed by atoms with Crippen LogP contribution in [0.25, 0.3) is 28.3 Å². The second kappa shape index (κ2) is 9.41. The van der Waals surface area contributed by atoms with Crippen LogP contribution in [0, 0.1) is 17.5 Å². The molecule has 0 bridgehead atoms. The lowest BCUT2D eigenvalue weighted by atomic mass is 9.97. The van der Waals surface area contributed by atoms with Gasteiger partial charge in [0.2, 0.25) is 0 Å². The van der Waals surface area contributed by atoms with Crippen LogP contribution in [0.5, 0.6) is 0 Å². The summed E-state index contributed by atoms with van der Waals surface area (Å²) >= 11 is 0. The molecular weight excluding hydrogens is 414 g/mol. The van der Waals surface area contributed by atoms with Gasteiger partial charge in [0.1, 0.15) is 17.5 Å². The molecule has 3 aromatic carbocycles. The molecule has 0 radical (unpaired) electrons. The smallest absolute Gasteiger partial charge is 0.206 e. The Morgan fingerprint density at radius 2 is 1.32 bits per heavy atom. The molecule has 0 nitrogen and oxygen atoms in total. The highest BCUT2D eigenvalue weighted by molar-refractivity contribution is 5.72. The Morgan fingerprint density at radius 1 is 0.742 bits per heavy atom. The molecule has 31 heavy (non-hydrogen) atoms. The Morgan fingerprint density at radius 3 is 1.87 bits per heavy atom. The molecule has 0 saturated heterocycles. The molecule has 0 heterocycles. The number of aryl methyl sites for hydroxylation is 1. The summed E-state index contributed by atoms with van der Waals surface area (Å²) in [6, 6.07) is 13.7. The quantitative estimate of drug-likeness (QED) is 0.342. The van der Waals surface area contributed by atoms with Crippen molar-refractivity contribution in [3.63, 3.8) is 0 Å². The maximum atomic E-state index is 14.7. The first-order valence-corrected chi connectivity index (χ1v) is 9.82. The first-order chi connectivity index (χ1) is 14.7. The third kappa shape index (κ3) is 5.78. The number of allylic oxidation sites excluding steroid dienone is 1. The molecule has 3 aromatic rings. The van der Waals surface area contributed by atoms with E-state index >= 15 is 0 Å². The monoisotopic (exact) mass is 434 g/mol. The number of alkyl halides is 3. The molecule has 6 heteroatoms. The molecule has 0 amide bonds. The third-order valence-corrected chi connectivity index (χ3v) is 4.90. The van der Waals surface area contributed by atoms with Crippen molar-refractivity contribution >= 4 is 6.08 Å². The van der Waals surface area contributed by atoms with E-state index in [9.17, 15) is 26.3 Å². The fraction of sp³-hybridized carbons (Fsp3) is 0.200. The zero-order valence-electron chi connectivity index (χ0n) is 16.7. The topological polar surface area (TPSA) is 0 Å². The van der Waals surface area contributed by atoms with Crippen molar-refractivity contribution in [3.05, 3.63) is 89.3 Å². The van der Waals surface area contributed by atoms with Crippen LogP contribution in [-0.4, -0.2) is 6.18 Å². The van der Waals surface area contributed by atoms with Crippen LogP contribution in [0.1, 0.15) is 30.9 Å². The molecule has 0 N–H and O–H groups in total. The summed E-state index contributed by atoms with van der Waals surface area (Å²) in [5.41, 5.74) is 1.62. The van der Waals surface area contributed by atoms with Crippen LogP contribution >= 0.6 is 0 Å². The maximum absolute atomic E-state index is 14.7. The molecule has 0 spiro atoms. The van der Waals surface area contributed by atoms with Gasteiger partial charge in [-0.25, -0.2) is 13.2 Å². The summed E-state index contributed by atoms with van der Waals surface area (Å²) in [4.78, 5) is 0. The summed E-state index contributed by atoms with van der Waals surface area (Å²) in [5, 5.41) is 0. The van der Waals surface area contributed by atoms with E-state index in [0.29, 0.717) is 11.6 Å². The van der Waals surface area contributed by atoms with Crippen molar-refractivity contribution in [1.29, 1.82) is 0 Å². The molecule has 0 aliphatic rings. The Kier molecular flexibility index (Phi) is 6.88. The predicted octanol–water partition coefficient (Wildman–Crippen LogP) is 8.36. The van der Waals surface area contributed by atoms with Gasteiger partial charge in [-0.1, -0.05) is 49.7 Å². The van der Waals surface area contributed by atoms with E-state index in [0.717, 1.165) is 37.0 Å². The van der Waals surface area contributed by atoms with Crippen molar-refractivity contribution in [1.82, 2.24) is 0 Å². The van der Waals surface area contributed by atoms with Crippen LogP contribution in [-0.2, 0) is 6.42 Å². The minimum absolute atomic E-state index is 0.0486. The largest absolute Gasteiger partial charge is 0.409 e. The van der Waals surface area contributed by atoms with Gasteiger partial charge in [0, 0.05) is 17.2 Å². The third-order valence-electron chi connectivity index (χ3n) is 4.90. The van der Waals surface area contributed by atoms with Gasteiger partial charge in [0.05, 0.1) is 0 Å². The average Bonchev–Trinajstić information content (AvgIpc) is 2.71. The van der Waals surface area contributed by atoms with Gasteiger partial charge in [-0.2, -0.15) is 13.2 Å². The van der Waals surface area contributed by atoms with Gasteiger partial charge in [0.15, 0.2) is 0 Å². The number of halogens is 6. The van der Waals surface area contributed by atoms with Crippen molar-refractivity contribution < 1.29 is 26.3 Å². The Hall–Kier alpha value is -3.02. The second-order valence-electron chi connectivity index (χ2n) is 7.22. The van der Waals surface area contributed by atoms with E-state index in [4.69, 9.17) is 0 Å². The van der Waals surface area contributed by atoms with Crippen molar-refractivity contribution in [2.75, 3.05) is 0 Å². The summed E-state index contributed by atoms with van der Waals surface area (Å²) in [6.45, 7) is 2.11. The van der Waals surface area contributed by atoms with Crippen molar-refractivity contribution in [3.8, 4) is 22.3 Å². The number of hydrogen-bond acceptors (Lipinski definition) is 0. The van der Waals surface area contributed by atoms with Gasteiger partial charge in [-0.05, 0) is 59.4 Å². The minimum atomic E-state index is -4.70. The standard InChI is InChI=1S/C25H20F6/c1-2-3-4-16-5-7-17(8-6-16)18-9-10-20(22(26)13-18)19-14-23(27)21(24(28)15-19)11-12-25(29,30)31/h5-15H,2-4H2,1H3/b12-11+. The summed E-state index contributed by atoms with van der Waals surface area (Å²) in [6.07, 6.45) is -1.49. The second-order valence-corrected chi connectivity index (χ2v) is 7.22. The highest BCUT2D eigenvalue weighted by atomic mass is 19.4. The number of benzene rings is 3. The minimum Gasteiger partial charge on any atom is -0.206 e. The molecule has 0 atom stereocenters. The van der Waals surface area contributed by atoms with Crippen LogP contribution in [0.4, 0.5) is 26.3 Å². The average molecular weight is 434 g/mol. The Bertz CT molecular complexity index is 1060. The van der Waals surface area contributed by atoms with Gasteiger partial charge in [0.25, 0.3) is 0 Å². The number of unbranched alkanes of at least 4 members (excludes halogenated alkanes) is 1. The van der Waals surface area contributed by atoms with Crippen LogP contribution < -0.4 is 0 Å². The molecule has 0 unspecified atom stereocenters. The first kappa shape index (κ1) is 22.7. The Balaban J connectivity index is 1.88. The van der Waals surface area contributed by atoms with Crippen molar-refractivity contribution in [2.24, 2.45) is 0 Å². The fourth-order valence-corrected chi connectivity index (χ4v) is 3.25. The van der Waals surface area contributed by atoms with Gasteiger partial charge >= 0.3 is 6.18 Å². The number of hydrogen-bond donors (Lipinski definition) is 0. The summed E-state index contributed by atoms with van der Waals surface area (Å²) < 4.78 is 79.9. The van der Waals surface area contributed by atoms with E-state index in [-0.39, 0.29) is 17.2 Å². The molecule has 3 rings (SSSR count). The van der Waals surface area contributed by atoms with Gasteiger partial charge < -0.3 is 0 Å².